The molecule has 31 heavy (non-hydrogen) atoms. The number of hydrogen-bond donors (Lipinski definition) is 0. The van der Waals surface area contributed by atoms with Gasteiger partial charge in [0.25, 0.3) is 0 Å². The molecule has 0 aromatic heterocycles. The van der Waals surface area contributed by atoms with Crippen LogP contribution < -0.4 is 18.9 Å². The van der Waals surface area contributed by atoms with Crippen LogP contribution in [0.3, 0.4) is 0 Å². The molecule has 0 aliphatic heterocycles. The highest BCUT2D eigenvalue weighted by molar-refractivity contribution is 7.91. The topological polar surface area (TPSA) is 94.1 Å². The van der Waals surface area contributed by atoms with Crippen molar-refractivity contribution in [3.8, 4) is 23.0 Å². The Morgan fingerprint density at radius 1 is 0.871 bits per heavy atom. The summed E-state index contributed by atoms with van der Waals surface area (Å²) in [7, 11) is 2.72. The minimum atomic E-state index is -1.71. The van der Waals surface area contributed by atoms with Crippen LogP contribution in [0.15, 0.2) is 52.3 Å². The maximum absolute atomic E-state index is 13.5. The molecule has 0 aliphatic carbocycles. The quantitative estimate of drug-likeness (QED) is 0.302. The Bertz CT molecular complexity index is 1160. The summed E-state index contributed by atoms with van der Waals surface area (Å²) in [4.78, 5) is 24.4. The highest BCUT2D eigenvalue weighted by Gasteiger charge is 2.31. The predicted octanol–water partition coefficient (Wildman–Crippen LogP) is 4.53. The average Bonchev–Trinajstić information content (AvgIpc) is 2.73. The SMILES string of the molecule is COc1c(OC)c(OC(C)=O)c2c([S+]([O-])c3cccc(Cl)c3)cccc2c1OC(C)=O. The summed E-state index contributed by atoms with van der Waals surface area (Å²) < 4.78 is 35.2. The fraction of sp³-hybridized carbons (Fsp3) is 0.182. The van der Waals surface area contributed by atoms with Crippen LogP contribution in [0.4, 0.5) is 0 Å². The van der Waals surface area contributed by atoms with Gasteiger partial charge in [-0.15, -0.1) is 0 Å². The van der Waals surface area contributed by atoms with Crippen molar-refractivity contribution in [2.45, 2.75) is 23.6 Å². The highest BCUT2D eigenvalue weighted by atomic mass is 35.5. The first-order valence-corrected chi connectivity index (χ1v) is 10.6. The van der Waals surface area contributed by atoms with Gasteiger partial charge in [0.1, 0.15) is 0 Å². The zero-order valence-corrected chi connectivity index (χ0v) is 18.8. The molecule has 3 aromatic carbocycles. The molecule has 162 valence electrons. The largest absolute Gasteiger partial charge is 0.606 e. The van der Waals surface area contributed by atoms with Crippen molar-refractivity contribution in [3.63, 3.8) is 0 Å². The van der Waals surface area contributed by atoms with Gasteiger partial charge in [-0.3, -0.25) is 9.59 Å². The normalized spacial score (nSPS) is 11.7. The fourth-order valence-corrected chi connectivity index (χ4v) is 4.65. The van der Waals surface area contributed by atoms with E-state index in [9.17, 15) is 14.1 Å². The molecule has 0 fully saturated rings. The van der Waals surface area contributed by atoms with Gasteiger partial charge in [0.15, 0.2) is 21.3 Å². The van der Waals surface area contributed by atoms with E-state index in [0.29, 0.717) is 20.2 Å². The number of rotatable bonds is 6. The van der Waals surface area contributed by atoms with E-state index in [1.165, 1.54) is 28.1 Å². The van der Waals surface area contributed by atoms with Gasteiger partial charge < -0.3 is 23.5 Å². The van der Waals surface area contributed by atoms with Crippen molar-refractivity contribution >= 4 is 45.5 Å². The van der Waals surface area contributed by atoms with Gasteiger partial charge in [0, 0.05) is 41.5 Å². The maximum Gasteiger partial charge on any atom is 0.308 e. The van der Waals surface area contributed by atoms with Crippen LogP contribution >= 0.6 is 11.6 Å². The molecule has 0 amide bonds. The van der Waals surface area contributed by atoms with Gasteiger partial charge >= 0.3 is 11.9 Å². The number of carbonyl (C=O) groups is 2. The van der Waals surface area contributed by atoms with E-state index in [1.807, 2.05) is 0 Å². The fourth-order valence-electron chi connectivity index (χ4n) is 3.12. The zero-order chi connectivity index (χ0) is 22.7. The minimum Gasteiger partial charge on any atom is -0.606 e. The summed E-state index contributed by atoms with van der Waals surface area (Å²) in [6, 6.07) is 11.5. The second-order valence-electron chi connectivity index (χ2n) is 6.32. The summed E-state index contributed by atoms with van der Waals surface area (Å²) in [5.74, 6) is -1.07. The summed E-state index contributed by atoms with van der Waals surface area (Å²) in [5, 5.41) is 1.06. The summed E-state index contributed by atoms with van der Waals surface area (Å²) in [5.41, 5.74) is 0. The van der Waals surface area contributed by atoms with Gasteiger partial charge in [0.2, 0.25) is 11.5 Å². The highest BCUT2D eigenvalue weighted by Crippen LogP contribution is 2.53. The van der Waals surface area contributed by atoms with E-state index in [2.05, 4.69) is 0 Å². The monoisotopic (exact) mass is 462 g/mol. The molecule has 0 saturated carbocycles. The molecular formula is C22H19ClO7S. The van der Waals surface area contributed by atoms with E-state index in [-0.39, 0.29) is 28.4 Å². The van der Waals surface area contributed by atoms with Crippen molar-refractivity contribution in [1.82, 2.24) is 0 Å². The Balaban J connectivity index is 2.44. The molecule has 3 rings (SSSR count). The Morgan fingerprint density at radius 2 is 1.45 bits per heavy atom. The molecule has 7 nitrogen and oxygen atoms in total. The van der Waals surface area contributed by atoms with Gasteiger partial charge in [-0.1, -0.05) is 23.7 Å². The molecule has 0 radical (unpaired) electrons. The molecule has 0 heterocycles. The molecule has 0 aliphatic rings. The lowest BCUT2D eigenvalue weighted by atomic mass is 10.1. The number of esters is 2. The molecule has 9 heteroatoms. The second kappa shape index (κ2) is 9.47. The summed E-state index contributed by atoms with van der Waals surface area (Å²) >= 11 is 4.36. The molecule has 3 aromatic rings. The Kier molecular flexibility index (Phi) is 6.94. The van der Waals surface area contributed by atoms with Crippen LogP contribution in [0.1, 0.15) is 13.8 Å². The average molecular weight is 463 g/mol. The number of fused-ring (bicyclic) bond motifs is 1. The molecule has 1 unspecified atom stereocenters. The number of hydrogen-bond acceptors (Lipinski definition) is 7. The molecule has 0 bridgehead atoms. The lowest BCUT2D eigenvalue weighted by molar-refractivity contribution is -0.133. The van der Waals surface area contributed by atoms with Gasteiger partial charge in [-0.25, -0.2) is 0 Å². The van der Waals surface area contributed by atoms with Crippen LogP contribution in [0.5, 0.6) is 23.0 Å². The molecule has 0 saturated heterocycles. The van der Waals surface area contributed by atoms with Crippen molar-refractivity contribution in [1.29, 1.82) is 0 Å². The van der Waals surface area contributed by atoms with Crippen molar-refractivity contribution in [3.05, 3.63) is 47.5 Å². The number of ether oxygens (including phenoxy) is 4. The number of halogens is 1. The Morgan fingerprint density at radius 3 is 2.03 bits per heavy atom. The van der Waals surface area contributed by atoms with Crippen LogP contribution in [0.25, 0.3) is 10.8 Å². The van der Waals surface area contributed by atoms with Crippen LogP contribution in [0.2, 0.25) is 5.02 Å². The van der Waals surface area contributed by atoms with E-state index in [0.717, 1.165) is 0 Å². The molecular weight excluding hydrogens is 444 g/mol. The van der Waals surface area contributed by atoms with E-state index in [1.54, 1.807) is 42.5 Å². The number of carbonyl (C=O) groups excluding carboxylic acids is 2. The Hall–Kier alpha value is -2.94. The third kappa shape index (κ3) is 4.56. The van der Waals surface area contributed by atoms with E-state index < -0.39 is 23.1 Å². The predicted molar refractivity (Wildman–Crippen MR) is 116 cm³/mol. The lowest BCUT2D eigenvalue weighted by Crippen LogP contribution is -2.10. The van der Waals surface area contributed by atoms with Crippen LogP contribution in [-0.2, 0) is 20.8 Å². The third-order valence-corrected chi connectivity index (χ3v) is 5.88. The Labute approximate surface area is 187 Å². The number of benzene rings is 3. The van der Waals surface area contributed by atoms with Crippen molar-refractivity contribution in [2.24, 2.45) is 0 Å². The third-order valence-electron chi connectivity index (χ3n) is 4.23. The van der Waals surface area contributed by atoms with Crippen LogP contribution in [-0.4, -0.2) is 30.7 Å². The summed E-state index contributed by atoms with van der Waals surface area (Å²) in [6.45, 7) is 2.47. The van der Waals surface area contributed by atoms with E-state index >= 15 is 0 Å². The minimum absolute atomic E-state index is 0.00345. The first kappa shape index (κ1) is 22.7. The van der Waals surface area contributed by atoms with Gasteiger partial charge in [0.05, 0.1) is 19.6 Å². The molecule has 1 atom stereocenters. The molecule has 0 spiro atoms. The molecule has 0 N–H and O–H groups in total. The number of methoxy groups -OCH3 is 2. The smallest absolute Gasteiger partial charge is 0.308 e. The van der Waals surface area contributed by atoms with Gasteiger partial charge in [-0.05, 0) is 24.3 Å². The first-order valence-electron chi connectivity index (χ1n) is 9.03. The zero-order valence-electron chi connectivity index (χ0n) is 17.2. The van der Waals surface area contributed by atoms with Crippen molar-refractivity contribution in [2.75, 3.05) is 14.2 Å². The van der Waals surface area contributed by atoms with E-state index in [4.69, 9.17) is 30.5 Å². The lowest BCUT2D eigenvalue weighted by Gasteiger charge is -2.21. The van der Waals surface area contributed by atoms with Crippen LogP contribution in [0, 0.1) is 0 Å². The van der Waals surface area contributed by atoms with Crippen molar-refractivity contribution < 1.29 is 33.1 Å². The van der Waals surface area contributed by atoms with Gasteiger partial charge in [-0.2, -0.15) is 0 Å². The summed E-state index contributed by atoms with van der Waals surface area (Å²) in [6.07, 6.45) is 0. The first-order chi connectivity index (χ1) is 14.8. The second-order valence-corrected chi connectivity index (χ2v) is 8.20. The maximum atomic E-state index is 13.5. The standard InChI is InChI=1S/C22H19ClO7S/c1-12(24)29-19-16-9-6-10-17(31(26)15-8-5-7-14(23)11-15)18(16)20(30-13(2)25)22(28-4)21(19)27-3/h5-11H,1-4H3.